The van der Waals surface area contributed by atoms with Gasteiger partial charge in [-0.05, 0) is 29.1 Å². The average Bonchev–Trinajstić information content (AvgIpc) is 2.93. The summed E-state index contributed by atoms with van der Waals surface area (Å²) in [5.74, 6) is 6.42. The second kappa shape index (κ2) is 7.71. The number of rotatable bonds is 5. The highest BCUT2D eigenvalue weighted by Gasteiger charge is 2.02. The molecule has 3 nitrogen and oxygen atoms in total. The van der Waals surface area contributed by atoms with Crippen LogP contribution in [-0.4, -0.2) is 18.8 Å². The van der Waals surface area contributed by atoms with Gasteiger partial charge in [-0.15, -0.1) is 11.3 Å². The molecule has 20 heavy (non-hydrogen) atoms. The lowest BCUT2D eigenvalue weighted by Gasteiger charge is -2.05. The molecule has 0 aliphatic rings. The molecule has 4 heteroatoms. The molecular weight excluding hydrogens is 272 g/mol. The van der Waals surface area contributed by atoms with E-state index in [1.807, 2.05) is 35.7 Å². The van der Waals surface area contributed by atoms with Crippen LogP contribution in [-0.2, 0) is 18.0 Å². The molecule has 1 N–H and O–H groups in total. The van der Waals surface area contributed by atoms with Crippen molar-refractivity contribution >= 4 is 11.3 Å². The summed E-state index contributed by atoms with van der Waals surface area (Å²) >= 11 is 1.61. The fourth-order valence-electron chi connectivity index (χ4n) is 1.68. The third-order valence-corrected chi connectivity index (χ3v) is 3.60. The van der Waals surface area contributed by atoms with Crippen molar-refractivity contribution < 1.29 is 14.6 Å². The Balaban J connectivity index is 1.87. The van der Waals surface area contributed by atoms with Crippen LogP contribution in [0.1, 0.15) is 16.0 Å². The summed E-state index contributed by atoms with van der Waals surface area (Å²) in [5, 5.41) is 10.7. The molecule has 0 amide bonds. The lowest BCUT2D eigenvalue weighted by atomic mass is 10.2. The van der Waals surface area contributed by atoms with Gasteiger partial charge in [0, 0.05) is 10.4 Å². The number of benzene rings is 1. The van der Waals surface area contributed by atoms with Crippen LogP contribution >= 0.6 is 11.3 Å². The first-order chi connectivity index (χ1) is 9.83. The topological polar surface area (TPSA) is 38.7 Å². The molecule has 0 unspecified atom stereocenters. The van der Waals surface area contributed by atoms with Gasteiger partial charge in [0.2, 0.25) is 0 Å². The number of aliphatic hydroxyl groups excluding tert-OH is 1. The third kappa shape index (κ3) is 4.10. The molecule has 0 fully saturated rings. The van der Waals surface area contributed by atoms with Crippen molar-refractivity contribution in [2.45, 2.75) is 13.2 Å². The van der Waals surface area contributed by atoms with Crippen molar-refractivity contribution in [1.29, 1.82) is 0 Å². The van der Waals surface area contributed by atoms with Crippen molar-refractivity contribution in [2.75, 3.05) is 13.7 Å². The van der Waals surface area contributed by atoms with Gasteiger partial charge < -0.3 is 14.6 Å². The van der Waals surface area contributed by atoms with Crippen LogP contribution in [0.15, 0.2) is 35.7 Å². The zero-order valence-electron chi connectivity index (χ0n) is 11.3. The minimum atomic E-state index is -0.123. The van der Waals surface area contributed by atoms with E-state index in [9.17, 15) is 0 Å². The summed E-state index contributed by atoms with van der Waals surface area (Å²) in [6, 6.07) is 9.75. The smallest absolute Gasteiger partial charge is 0.118 e. The van der Waals surface area contributed by atoms with Gasteiger partial charge in [0.1, 0.15) is 12.4 Å². The molecule has 2 rings (SSSR count). The Morgan fingerprint density at radius 2 is 1.95 bits per heavy atom. The fraction of sp³-hybridized carbons (Fsp3) is 0.250. The predicted octanol–water partition coefficient (Wildman–Crippen LogP) is 2.82. The van der Waals surface area contributed by atoms with Crippen LogP contribution in [0.3, 0.4) is 0 Å². The summed E-state index contributed by atoms with van der Waals surface area (Å²) in [6.45, 7) is 0.954. The van der Waals surface area contributed by atoms with E-state index >= 15 is 0 Å². The van der Waals surface area contributed by atoms with Crippen molar-refractivity contribution in [3.63, 3.8) is 0 Å². The highest BCUT2D eigenvalue weighted by Crippen LogP contribution is 2.18. The van der Waals surface area contributed by atoms with E-state index in [1.54, 1.807) is 18.4 Å². The van der Waals surface area contributed by atoms with Crippen LogP contribution in [0, 0.1) is 11.8 Å². The quantitative estimate of drug-likeness (QED) is 0.860. The van der Waals surface area contributed by atoms with Crippen molar-refractivity contribution in [1.82, 2.24) is 0 Å². The second-order valence-corrected chi connectivity index (χ2v) is 5.06. The van der Waals surface area contributed by atoms with E-state index in [4.69, 9.17) is 14.6 Å². The van der Waals surface area contributed by atoms with Gasteiger partial charge in [-0.3, -0.25) is 0 Å². The maximum atomic E-state index is 8.71. The number of ether oxygens (including phenoxy) is 2. The Bertz CT molecular complexity index is 590. The first-order valence-corrected chi connectivity index (χ1v) is 7.08. The summed E-state index contributed by atoms with van der Waals surface area (Å²) in [5.41, 5.74) is 2.03. The Morgan fingerprint density at radius 3 is 2.65 bits per heavy atom. The van der Waals surface area contributed by atoms with Crippen LogP contribution in [0.5, 0.6) is 5.75 Å². The zero-order valence-corrected chi connectivity index (χ0v) is 12.1. The van der Waals surface area contributed by atoms with E-state index < -0.39 is 0 Å². The normalized spacial score (nSPS) is 9.90. The number of aliphatic hydroxyl groups is 1. The summed E-state index contributed by atoms with van der Waals surface area (Å²) in [4.78, 5) is 1.08. The molecule has 1 aromatic heterocycles. The third-order valence-electron chi connectivity index (χ3n) is 2.71. The molecule has 0 radical (unpaired) electrons. The fourth-order valence-corrected chi connectivity index (χ4v) is 2.45. The van der Waals surface area contributed by atoms with Gasteiger partial charge in [-0.25, -0.2) is 0 Å². The van der Waals surface area contributed by atoms with Gasteiger partial charge in [-0.1, -0.05) is 24.0 Å². The molecule has 2 aromatic rings. The molecule has 104 valence electrons. The SMILES string of the molecule is COc1ccc(COCc2sccc2C#CCO)cc1. The Hall–Kier alpha value is -1.80. The maximum Gasteiger partial charge on any atom is 0.118 e. The van der Waals surface area contributed by atoms with Crippen molar-refractivity contribution in [3.8, 4) is 17.6 Å². The minimum absolute atomic E-state index is 0.123. The van der Waals surface area contributed by atoms with Crippen LogP contribution < -0.4 is 4.74 Å². The molecule has 0 atom stereocenters. The highest BCUT2D eigenvalue weighted by molar-refractivity contribution is 7.10. The molecule has 0 aliphatic carbocycles. The molecule has 0 aliphatic heterocycles. The zero-order chi connectivity index (χ0) is 14.2. The van der Waals surface area contributed by atoms with Gasteiger partial charge in [-0.2, -0.15) is 0 Å². The van der Waals surface area contributed by atoms with Crippen molar-refractivity contribution in [2.24, 2.45) is 0 Å². The molecule has 0 saturated carbocycles. The lowest BCUT2D eigenvalue weighted by Crippen LogP contribution is -1.94. The van der Waals surface area contributed by atoms with Crippen LogP contribution in [0.2, 0.25) is 0 Å². The van der Waals surface area contributed by atoms with E-state index in [-0.39, 0.29) is 6.61 Å². The second-order valence-electron chi connectivity index (χ2n) is 4.06. The summed E-state index contributed by atoms with van der Waals surface area (Å²) in [6.07, 6.45) is 0. The average molecular weight is 288 g/mol. The van der Waals surface area contributed by atoms with Crippen molar-refractivity contribution in [3.05, 3.63) is 51.7 Å². The minimum Gasteiger partial charge on any atom is -0.497 e. The maximum absolute atomic E-state index is 8.71. The highest BCUT2D eigenvalue weighted by atomic mass is 32.1. The molecule has 0 bridgehead atoms. The molecule has 1 heterocycles. The monoisotopic (exact) mass is 288 g/mol. The predicted molar refractivity (Wildman–Crippen MR) is 79.8 cm³/mol. The lowest BCUT2D eigenvalue weighted by molar-refractivity contribution is 0.109. The molecule has 1 aromatic carbocycles. The largest absolute Gasteiger partial charge is 0.497 e. The Morgan fingerprint density at radius 1 is 1.15 bits per heavy atom. The molecular formula is C16H16O3S. The van der Waals surface area contributed by atoms with Gasteiger partial charge in [0.25, 0.3) is 0 Å². The summed E-state index contributed by atoms with van der Waals surface area (Å²) in [7, 11) is 1.65. The first-order valence-electron chi connectivity index (χ1n) is 6.20. The Kier molecular flexibility index (Phi) is 5.63. The van der Waals surface area contributed by atoms with E-state index in [1.165, 1.54) is 0 Å². The molecule has 0 saturated heterocycles. The first kappa shape index (κ1) is 14.6. The van der Waals surface area contributed by atoms with E-state index in [0.29, 0.717) is 13.2 Å². The molecule has 0 spiro atoms. The Labute approximate surface area is 122 Å². The van der Waals surface area contributed by atoms with Gasteiger partial charge in [0.15, 0.2) is 0 Å². The summed E-state index contributed by atoms with van der Waals surface area (Å²) < 4.78 is 10.8. The van der Waals surface area contributed by atoms with Gasteiger partial charge >= 0.3 is 0 Å². The van der Waals surface area contributed by atoms with E-state index in [0.717, 1.165) is 21.8 Å². The van der Waals surface area contributed by atoms with Crippen LogP contribution in [0.25, 0.3) is 0 Å². The number of hydrogen-bond donors (Lipinski definition) is 1. The van der Waals surface area contributed by atoms with E-state index in [2.05, 4.69) is 11.8 Å². The van der Waals surface area contributed by atoms with Gasteiger partial charge in [0.05, 0.1) is 20.3 Å². The number of thiophene rings is 1. The standard InChI is InChI=1S/C16H16O3S/c1-18-15-6-4-13(5-7-15)11-19-12-16-14(3-2-9-17)8-10-20-16/h4-8,10,17H,9,11-12H2,1H3. The number of methoxy groups -OCH3 is 1. The van der Waals surface area contributed by atoms with Crippen LogP contribution in [0.4, 0.5) is 0 Å². The number of hydrogen-bond acceptors (Lipinski definition) is 4.